The second kappa shape index (κ2) is 19.6. The summed E-state index contributed by atoms with van der Waals surface area (Å²) in [7, 11) is 8.01. The summed E-state index contributed by atoms with van der Waals surface area (Å²) in [6, 6.07) is 29.9. The lowest BCUT2D eigenvalue weighted by Gasteiger charge is -2.47. The highest BCUT2D eigenvalue weighted by molar-refractivity contribution is 5.16. The van der Waals surface area contributed by atoms with Gasteiger partial charge in [0.2, 0.25) is 0 Å². The number of benzene rings is 3. The molecule has 0 amide bonds. The van der Waals surface area contributed by atoms with E-state index in [4.69, 9.17) is 52.1 Å². The lowest BCUT2D eigenvalue weighted by Crippen LogP contribution is -2.63. The number of ether oxygens (including phenoxy) is 11. The zero-order valence-corrected chi connectivity index (χ0v) is 29.0. The van der Waals surface area contributed by atoms with Crippen LogP contribution in [0.25, 0.3) is 0 Å². The number of hydrogen-bond donors (Lipinski definition) is 0. The Balaban J connectivity index is 1.42. The summed E-state index contributed by atoms with van der Waals surface area (Å²) in [4.78, 5) is 0. The van der Waals surface area contributed by atoms with Gasteiger partial charge in [0.05, 0.1) is 33.0 Å². The molecular weight excluding hydrogens is 632 g/mol. The van der Waals surface area contributed by atoms with Gasteiger partial charge in [0.1, 0.15) is 48.8 Å². The molecule has 3 aromatic carbocycles. The largest absolute Gasteiger partial charge is 0.382 e. The fourth-order valence-corrected chi connectivity index (χ4v) is 6.37. The molecule has 2 aliphatic heterocycles. The molecule has 0 aliphatic carbocycles. The van der Waals surface area contributed by atoms with Crippen molar-refractivity contribution in [3.05, 3.63) is 108 Å². The van der Waals surface area contributed by atoms with Gasteiger partial charge in [-0.05, 0) is 16.7 Å². The predicted molar refractivity (Wildman–Crippen MR) is 180 cm³/mol. The molecular formula is C38H50O11. The van der Waals surface area contributed by atoms with E-state index in [0.29, 0.717) is 19.8 Å². The summed E-state index contributed by atoms with van der Waals surface area (Å²) >= 11 is 0. The maximum Gasteiger partial charge on any atom is 0.187 e. The summed E-state index contributed by atoms with van der Waals surface area (Å²) in [5.41, 5.74) is 3.03. The number of rotatable bonds is 18. The van der Waals surface area contributed by atoms with Crippen LogP contribution in [0, 0.1) is 0 Å². The van der Waals surface area contributed by atoms with Crippen LogP contribution in [-0.2, 0) is 71.9 Å². The average molecular weight is 683 g/mol. The molecule has 0 spiro atoms. The first kappa shape index (κ1) is 37.5. The van der Waals surface area contributed by atoms with Crippen molar-refractivity contribution in [2.24, 2.45) is 0 Å². The van der Waals surface area contributed by atoms with Crippen molar-refractivity contribution in [1.29, 1.82) is 0 Å². The minimum absolute atomic E-state index is 0.0637. The molecule has 2 heterocycles. The molecule has 2 fully saturated rings. The lowest BCUT2D eigenvalue weighted by atomic mass is 9.97. The smallest absolute Gasteiger partial charge is 0.187 e. The molecule has 0 N–H and O–H groups in total. The van der Waals surface area contributed by atoms with Gasteiger partial charge < -0.3 is 52.1 Å². The standard InChI is InChI=1S/C38H50O11/c1-39-24-29-31(40-2)33(41-3)35(42-4)38(49-29)47-25-30-32(44-21-26-15-9-6-10-16-26)34(45-22-27-17-11-7-12-18-27)36(37(43-5)48-30)46-23-28-19-13-8-14-20-28/h6-20,29-38H,21-25H2,1-5H3/t29-,30-,31+,32+,33+,34+,35-,36-,37-,38-/m1/s1. The van der Waals surface area contributed by atoms with E-state index in [1.54, 1.807) is 35.5 Å². The summed E-state index contributed by atoms with van der Waals surface area (Å²) in [6.07, 6.45) is -6.07. The van der Waals surface area contributed by atoms with Crippen LogP contribution in [0.1, 0.15) is 16.7 Å². The zero-order valence-electron chi connectivity index (χ0n) is 29.0. The van der Waals surface area contributed by atoms with Crippen LogP contribution in [0.4, 0.5) is 0 Å². The van der Waals surface area contributed by atoms with Crippen molar-refractivity contribution in [2.45, 2.75) is 81.2 Å². The minimum atomic E-state index is -0.823. The first-order chi connectivity index (χ1) is 24.1. The fourth-order valence-electron chi connectivity index (χ4n) is 6.37. The van der Waals surface area contributed by atoms with Crippen LogP contribution in [0.15, 0.2) is 91.0 Å². The Kier molecular flexibility index (Phi) is 15.0. The second-order valence-electron chi connectivity index (χ2n) is 12.0. The van der Waals surface area contributed by atoms with E-state index in [2.05, 4.69) is 0 Å². The molecule has 0 bridgehead atoms. The topological polar surface area (TPSA) is 102 Å². The third kappa shape index (κ3) is 9.93. The summed E-state index contributed by atoms with van der Waals surface area (Å²) in [6.45, 7) is 1.32. The molecule has 0 saturated carbocycles. The Labute approximate surface area is 289 Å². The van der Waals surface area contributed by atoms with Crippen LogP contribution in [0.3, 0.4) is 0 Å². The molecule has 0 unspecified atom stereocenters. The van der Waals surface area contributed by atoms with E-state index in [9.17, 15) is 0 Å². The molecule has 0 radical (unpaired) electrons. The molecule has 3 aromatic rings. The van der Waals surface area contributed by atoms with Gasteiger partial charge in [-0.25, -0.2) is 0 Å². The molecule has 10 atom stereocenters. The summed E-state index contributed by atoms with van der Waals surface area (Å²) in [5.74, 6) is 0. The van der Waals surface area contributed by atoms with E-state index in [1.165, 1.54) is 0 Å². The van der Waals surface area contributed by atoms with Crippen molar-refractivity contribution < 1.29 is 52.1 Å². The van der Waals surface area contributed by atoms with Gasteiger partial charge in [0, 0.05) is 35.5 Å². The van der Waals surface area contributed by atoms with Crippen LogP contribution >= 0.6 is 0 Å². The Morgan fingerprint density at radius 1 is 0.408 bits per heavy atom. The van der Waals surface area contributed by atoms with Crippen LogP contribution in [0.2, 0.25) is 0 Å². The minimum Gasteiger partial charge on any atom is -0.382 e. The average Bonchev–Trinajstić information content (AvgIpc) is 3.15. The SMILES string of the molecule is COC[C@H]1O[C@@H](OC[C@H]2O[C@@H](OC)[C@H](OCc3ccccc3)[C@@H](OCc3ccccc3)[C@H]2OCc2ccccc2)[C@H](OC)[C@@H](OC)[C@H]1OC. The van der Waals surface area contributed by atoms with Crippen LogP contribution < -0.4 is 0 Å². The monoisotopic (exact) mass is 682 g/mol. The molecule has 49 heavy (non-hydrogen) atoms. The van der Waals surface area contributed by atoms with Gasteiger partial charge in [-0.2, -0.15) is 0 Å². The van der Waals surface area contributed by atoms with Gasteiger partial charge >= 0.3 is 0 Å². The van der Waals surface area contributed by atoms with Crippen LogP contribution in [0.5, 0.6) is 0 Å². The highest BCUT2D eigenvalue weighted by Crippen LogP contribution is 2.33. The molecule has 0 aromatic heterocycles. The maximum absolute atomic E-state index is 6.71. The maximum atomic E-state index is 6.71. The van der Waals surface area contributed by atoms with Crippen molar-refractivity contribution >= 4 is 0 Å². The quantitative estimate of drug-likeness (QED) is 0.189. The Hall–Kier alpha value is -2.78. The molecule has 268 valence electrons. The Bertz CT molecular complexity index is 1320. The highest BCUT2D eigenvalue weighted by atomic mass is 16.7. The molecule has 11 heteroatoms. The lowest BCUT2D eigenvalue weighted by molar-refractivity contribution is -0.345. The van der Waals surface area contributed by atoms with E-state index in [0.717, 1.165) is 16.7 Å². The first-order valence-corrected chi connectivity index (χ1v) is 16.6. The van der Waals surface area contributed by atoms with E-state index in [1.807, 2.05) is 91.0 Å². The third-order valence-corrected chi connectivity index (χ3v) is 8.84. The first-order valence-electron chi connectivity index (χ1n) is 16.6. The third-order valence-electron chi connectivity index (χ3n) is 8.84. The van der Waals surface area contributed by atoms with Gasteiger partial charge in [-0.1, -0.05) is 91.0 Å². The van der Waals surface area contributed by atoms with Crippen molar-refractivity contribution in [2.75, 3.05) is 48.8 Å². The summed E-state index contributed by atoms with van der Waals surface area (Å²) < 4.78 is 68.1. The second-order valence-corrected chi connectivity index (χ2v) is 12.0. The van der Waals surface area contributed by atoms with Gasteiger partial charge in [-0.15, -0.1) is 0 Å². The van der Waals surface area contributed by atoms with Crippen molar-refractivity contribution in [1.82, 2.24) is 0 Å². The molecule has 2 saturated heterocycles. The van der Waals surface area contributed by atoms with Gasteiger partial charge in [0.15, 0.2) is 12.6 Å². The highest BCUT2D eigenvalue weighted by Gasteiger charge is 2.51. The molecule has 5 rings (SSSR count). The molecule has 11 nitrogen and oxygen atoms in total. The van der Waals surface area contributed by atoms with E-state index >= 15 is 0 Å². The van der Waals surface area contributed by atoms with E-state index in [-0.39, 0.29) is 13.2 Å². The number of methoxy groups -OCH3 is 5. The van der Waals surface area contributed by atoms with Gasteiger partial charge in [0.25, 0.3) is 0 Å². The van der Waals surface area contributed by atoms with E-state index < -0.39 is 61.4 Å². The summed E-state index contributed by atoms with van der Waals surface area (Å²) in [5, 5.41) is 0. The normalized spacial score (nSPS) is 30.3. The molecule has 2 aliphatic rings. The van der Waals surface area contributed by atoms with Crippen molar-refractivity contribution in [3.8, 4) is 0 Å². The zero-order chi connectivity index (χ0) is 34.4. The number of hydrogen-bond acceptors (Lipinski definition) is 11. The van der Waals surface area contributed by atoms with Crippen LogP contribution in [-0.4, -0.2) is 110 Å². The Morgan fingerprint density at radius 2 is 0.857 bits per heavy atom. The fraction of sp³-hybridized carbons (Fsp3) is 0.526. The van der Waals surface area contributed by atoms with Gasteiger partial charge in [-0.3, -0.25) is 0 Å². The Morgan fingerprint density at radius 3 is 1.33 bits per heavy atom. The predicted octanol–water partition coefficient (Wildman–Crippen LogP) is 4.55. The van der Waals surface area contributed by atoms with Crippen molar-refractivity contribution in [3.63, 3.8) is 0 Å².